The Bertz CT molecular complexity index is 335. The van der Waals surface area contributed by atoms with E-state index in [0.29, 0.717) is 19.8 Å². The van der Waals surface area contributed by atoms with Gasteiger partial charge in [0.1, 0.15) is 0 Å². The molecule has 0 heterocycles. The highest BCUT2D eigenvalue weighted by Gasteiger charge is 2.08. The van der Waals surface area contributed by atoms with Gasteiger partial charge in [0.05, 0.1) is 38.1 Å². The third kappa shape index (κ3) is 26.0. The van der Waals surface area contributed by atoms with Crippen LogP contribution in [-0.2, 0) is 14.2 Å². The maximum absolute atomic E-state index is 9.21. The predicted octanol–water partition coefficient (Wildman–Crippen LogP) is 7.46. The van der Waals surface area contributed by atoms with Crippen molar-refractivity contribution in [1.82, 2.24) is 0 Å². The first kappa shape index (κ1) is 30.8. The van der Waals surface area contributed by atoms with Crippen molar-refractivity contribution in [3.05, 3.63) is 0 Å². The molecule has 31 heavy (non-hydrogen) atoms. The Balaban J connectivity index is 3.19. The van der Waals surface area contributed by atoms with Crippen molar-refractivity contribution >= 4 is 0 Å². The molecule has 0 saturated heterocycles. The number of aliphatic hydroxyl groups is 1. The van der Waals surface area contributed by atoms with Crippen molar-refractivity contribution in [2.45, 2.75) is 149 Å². The van der Waals surface area contributed by atoms with Crippen LogP contribution in [0.25, 0.3) is 0 Å². The first-order chi connectivity index (χ1) is 15.1. The summed E-state index contributed by atoms with van der Waals surface area (Å²) in [6, 6.07) is 0. The Morgan fingerprint density at radius 2 is 0.903 bits per heavy atom. The van der Waals surface area contributed by atoms with Crippen molar-refractivity contribution in [2.75, 3.05) is 26.4 Å². The van der Waals surface area contributed by atoms with E-state index in [-0.39, 0.29) is 12.2 Å². The number of unbranched alkanes of at least 4 members (excludes halogenated alkanes) is 15. The minimum Gasteiger partial charge on any atom is -0.391 e. The highest BCUT2D eigenvalue weighted by molar-refractivity contribution is 4.54. The lowest BCUT2D eigenvalue weighted by Gasteiger charge is -2.18. The van der Waals surface area contributed by atoms with Gasteiger partial charge in [-0.3, -0.25) is 0 Å². The van der Waals surface area contributed by atoms with Crippen LogP contribution in [0.5, 0.6) is 0 Å². The molecule has 0 aromatic rings. The van der Waals surface area contributed by atoms with Crippen molar-refractivity contribution in [3.63, 3.8) is 0 Å². The van der Waals surface area contributed by atoms with E-state index in [4.69, 9.17) is 14.2 Å². The van der Waals surface area contributed by atoms with Gasteiger partial charge in [0.15, 0.2) is 0 Å². The molecule has 3 atom stereocenters. The zero-order valence-corrected chi connectivity index (χ0v) is 21.5. The Morgan fingerprint density at radius 1 is 0.516 bits per heavy atom. The maximum atomic E-state index is 9.21. The zero-order valence-electron chi connectivity index (χ0n) is 21.5. The maximum Gasteiger partial charge on any atom is 0.0781 e. The first-order valence-electron chi connectivity index (χ1n) is 13.5. The zero-order chi connectivity index (χ0) is 23.0. The lowest BCUT2D eigenvalue weighted by Crippen LogP contribution is -2.25. The van der Waals surface area contributed by atoms with Gasteiger partial charge in [0.2, 0.25) is 0 Å². The van der Waals surface area contributed by atoms with Crippen molar-refractivity contribution in [3.8, 4) is 0 Å². The monoisotopic (exact) mass is 444 g/mol. The fraction of sp³-hybridized carbons (Fsp3) is 1.00. The normalized spacial score (nSPS) is 14.6. The average molecular weight is 445 g/mol. The van der Waals surface area contributed by atoms with Crippen LogP contribution in [0.3, 0.4) is 0 Å². The van der Waals surface area contributed by atoms with Crippen LogP contribution in [0.1, 0.15) is 130 Å². The Morgan fingerprint density at radius 3 is 1.35 bits per heavy atom. The third-order valence-electron chi connectivity index (χ3n) is 5.73. The van der Waals surface area contributed by atoms with Gasteiger partial charge in [0, 0.05) is 6.61 Å². The molecule has 0 amide bonds. The van der Waals surface area contributed by atoms with E-state index in [1.54, 1.807) is 6.92 Å². The summed E-state index contributed by atoms with van der Waals surface area (Å²) in [7, 11) is 0. The molecule has 0 radical (unpaired) electrons. The molecule has 0 aromatic carbocycles. The molecule has 3 unspecified atom stereocenters. The molecule has 188 valence electrons. The number of hydrogen-bond donors (Lipinski definition) is 1. The van der Waals surface area contributed by atoms with Gasteiger partial charge in [-0.15, -0.1) is 0 Å². The van der Waals surface area contributed by atoms with Crippen molar-refractivity contribution < 1.29 is 19.3 Å². The standard InChI is InChI=1S/C27H56O4/c1-5-6-7-8-9-10-11-12-13-14-15-16-17-18-19-20-21-29-23-26(3)31-24-27(4)30-22-25(2)28/h25-28H,5-24H2,1-4H3. The molecule has 0 aromatic heterocycles. The van der Waals surface area contributed by atoms with Crippen LogP contribution in [0, 0.1) is 0 Å². The predicted molar refractivity (Wildman–Crippen MR) is 133 cm³/mol. The van der Waals surface area contributed by atoms with Crippen molar-refractivity contribution in [1.29, 1.82) is 0 Å². The number of ether oxygens (including phenoxy) is 3. The summed E-state index contributed by atoms with van der Waals surface area (Å²) in [5, 5.41) is 9.21. The minimum atomic E-state index is -0.428. The fourth-order valence-corrected chi connectivity index (χ4v) is 3.70. The molecule has 0 bridgehead atoms. The molecule has 4 heteroatoms. The lowest BCUT2D eigenvalue weighted by molar-refractivity contribution is -0.0701. The van der Waals surface area contributed by atoms with E-state index >= 15 is 0 Å². The van der Waals surface area contributed by atoms with Gasteiger partial charge >= 0.3 is 0 Å². The van der Waals surface area contributed by atoms with E-state index in [1.807, 2.05) is 13.8 Å². The molecule has 0 saturated carbocycles. The summed E-state index contributed by atoms with van der Waals surface area (Å²) in [4.78, 5) is 0. The van der Waals surface area contributed by atoms with Gasteiger partial charge in [-0.25, -0.2) is 0 Å². The molecule has 0 fully saturated rings. The van der Waals surface area contributed by atoms with Gasteiger partial charge in [-0.1, -0.05) is 103 Å². The Hall–Kier alpha value is -0.160. The van der Waals surface area contributed by atoms with E-state index in [0.717, 1.165) is 13.0 Å². The highest BCUT2D eigenvalue weighted by atomic mass is 16.6. The molecule has 0 aliphatic heterocycles. The molecular weight excluding hydrogens is 388 g/mol. The van der Waals surface area contributed by atoms with E-state index in [9.17, 15) is 5.11 Å². The van der Waals surface area contributed by atoms with Crippen LogP contribution in [0.4, 0.5) is 0 Å². The van der Waals surface area contributed by atoms with Crippen LogP contribution < -0.4 is 0 Å². The first-order valence-corrected chi connectivity index (χ1v) is 13.5. The SMILES string of the molecule is CCCCCCCCCCCCCCCCCCOCC(C)OCC(C)OCC(C)O. The van der Waals surface area contributed by atoms with Crippen molar-refractivity contribution in [2.24, 2.45) is 0 Å². The summed E-state index contributed by atoms with van der Waals surface area (Å²) in [6.45, 7) is 10.4. The Kier molecular flexibility index (Phi) is 24.4. The minimum absolute atomic E-state index is 0.00243. The summed E-state index contributed by atoms with van der Waals surface area (Å²) >= 11 is 0. The summed E-state index contributed by atoms with van der Waals surface area (Å²) in [5.41, 5.74) is 0. The van der Waals surface area contributed by atoms with Gasteiger partial charge in [0.25, 0.3) is 0 Å². The third-order valence-corrected chi connectivity index (χ3v) is 5.73. The molecule has 1 N–H and O–H groups in total. The number of aliphatic hydroxyl groups excluding tert-OH is 1. The summed E-state index contributed by atoms with van der Waals surface area (Å²) in [5.74, 6) is 0. The second-order valence-corrected chi connectivity index (χ2v) is 9.52. The second-order valence-electron chi connectivity index (χ2n) is 9.52. The molecule has 0 rings (SSSR count). The number of hydrogen-bond acceptors (Lipinski definition) is 4. The summed E-state index contributed by atoms with van der Waals surface area (Å²) < 4.78 is 17.0. The molecule has 0 aliphatic rings. The topological polar surface area (TPSA) is 47.9 Å². The largest absolute Gasteiger partial charge is 0.391 e. The van der Waals surface area contributed by atoms with Gasteiger partial charge < -0.3 is 19.3 Å². The lowest BCUT2D eigenvalue weighted by atomic mass is 10.0. The average Bonchev–Trinajstić information content (AvgIpc) is 2.75. The molecular formula is C27H56O4. The smallest absolute Gasteiger partial charge is 0.0781 e. The van der Waals surface area contributed by atoms with Crippen LogP contribution in [0.2, 0.25) is 0 Å². The number of rotatable bonds is 25. The molecule has 4 nitrogen and oxygen atoms in total. The van der Waals surface area contributed by atoms with E-state index in [1.165, 1.54) is 96.3 Å². The molecule has 0 spiro atoms. The highest BCUT2D eigenvalue weighted by Crippen LogP contribution is 2.13. The van der Waals surface area contributed by atoms with Gasteiger partial charge in [-0.05, 0) is 27.2 Å². The van der Waals surface area contributed by atoms with Crippen LogP contribution in [0.15, 0.2) is 0 Å². The van der Waals surface area contributed by atoms with Gasteiger partial charge in [-0.2, -0.15) is 0 Å². The Labute approximate surface area is 194 Å². The second kappa shape index (κ2) is 24.5. The van der Waals surface area contributed by atoms with Crippen LogP contribution >= 0.6 is 0 Å². The van der Waals surface area contributed by atoms with E-state index < -0.39 is 6.10 Å². The van der Waals surface area contributed by atoms with E-state index in [2.05, 4.69) is 6.92 Å². The fourth-order valence-electron chi connectivity index (χ4n) is 3.70. The summed E-state index contributed by atoms with van der Waals surface area (Å²) in [6.07, 6.45) is 21.9. The molecule has 0 aliphatic carbocycles. The van der Waals surface area contributed by atoms with Crippen LogP contribution in [-0.4, -0.2) is 49.8 Å². The quantitative estimate of drug-likeness (QED) is 0.148.